The minimum absolute atomic E-state index is 0.181. The summed E-state index contributed by atoms with van der Waals surface area (Å²) in [7, 11) is 1.58. The molecule has 2 saturated heterocycles. The summed E-state index contributed by atoms with van der Waals surface area (Å²) in [5.74, 6) is 2.40. The first-order chi connectivity index (χ1) is 14.5. The van der Waals surface area contributed by atoms with Gasteiger partial charge < -0.3 is 9.64 Å². The number of amides is 1. The molecule has 0 unspecified atom stereocenters. The lowest BCUT2D eigenvalue weighted by Gasteiger charge is -2.28. The average Bonchev–Trinajstić information content (AvgIpc) is 3.02. The van der Waals surface area contributed by atoms with Crippen LogP contribution in [0, 0.1) is 6.92 Å². The Morgan fingerprint density at radius 2 is 2.07 bits per heavy atom. The van der Waals surface area contributed by atoms with Gasteiger partial charge in [0, 0.05) is 37.9 Å². The van der Waals surface area contributed by atoms with Gasteiger partial charge in [-0.25, -0.2) is 4.98 Å². The standard InChI is InChI=1S/C20H22N4O3S3/c1-13-4-3-5-23-16(13)21-17(22-7-10-29-11-8-22)14(18(23)25)12-15-19(26)24(6-9-27-2)20(28)30-15/h3-5,12H,6-11H2,1-2H3. The van der Waals surface area contributed by atoms with Gasteiger partial charge in [0.1, 0.15) is 15.8 Å². The Morgan fingerprint density at radius 3 is 2.80 bits per heavy atom. The minimum atomic E-state index is -0.198. The molecule has 0 bridgehead atoms. The van der Waals surface area contributed by atoms with Gasteiger partial charge in [0.25, 0.3) is 11.5 Å². The predicted octanol–water partition coefficient (Wildman–Crippen LogP) is 2.40. The number of hydrogen-bond acceptors (Lipinski definition) is 8. The van der Waals surface area contributed by atoms with E-state index in [2.05, 4.69) is 4.90 Å². The Balaban J connectivity index is 1.84. The van der Waals surface area contributed by atoms with Crippen LogP contribution in [-0.4, -0.2) is 69.4 Å². The van der Waals surface area contributed by atoms with Crippen LogP contribution in [0.1, 0.15) is 11.1 Å². The second-order valence-electron chi connectivity index (χ2n) is 6.96. The van der Waals surface area contributed by atoms with Gasteiger partial charge in [0.15, 0.2) is 0 Å². The highest BCUT2D eigenvalue weighted by Crippen LogP contribution is 2.33. The maximum Gasteiger partial charge on any atom is 0.267 e. The molecule has 10 heteroatoms. The zero-order valence-corrected chi connectivity index (χ0v) is 19.2. The number of carbonyl (C=O) groups is 1. The third-order valence-electron chi connectivity index (χ3n) is 5.04. The predicted molar refractivity (Wildman–Crippen MR) is 127 cm³/mol. The van der Waals surface area contributed by atoms with E-state index in [-0.39, 0.29) is 11.5 Å². The number of aryl methyl sites for hydroxylation is 1. The van der Waals surface area contributed by atoms with Crippen molar-refractivity contribution in [1.82, 2.24) is 14.3 Å². The number of aromatic nitrogens is 2. The van der Waals surface area contributed by atoms with E-state index in [0.717, 1.165) is 30.2 Å². The van der Waals surface area contributed by atoms with E-state index in [4.69, 9.17) is 21.9 Å². The molecule has 0 spiro atoms. The molecule has 0 N–H and O–H groups in total. The molecule has 2 aromatic rings. The van der Waals surface area contributed by atoms with E-state index in [1.807, 2.05) is 30.8 Å². The average molecular weight is 463 g/mol. The molecule has 0 radical (unpaired) electrons. The quantitative estimate of drug-likeness (QED) is 0.496. The molecule has 2 aliphatic heterocycles. The summed E-state index contributed by atoms with van der Waals surface area (Å²) in [6.07, 6.45) is 3.38. The molecule has 1 amide bonds. The van der Waals surface area contributed by atoms with Crippen LogP contribution in [0.15, 0.2) is 28.0 Å². The zero-order valence-electron chi connectivity index (χ0n) is 16.8. The number of anilines is 1. The number of nitrogens with zero attached hydrogens (tertiary/aromatic N) is 4. The van der Waals surface area contributed by atoms with Crippen molar-refractivity contribution in [3.63, 3.8) is 0 Å². The van der Waals surface area contributed by atoms with Crippen LogP contribution >= 0.6 is 35.7 Å². The van der Waals surface area contributed by atoms with E-state index >= 15 is 0 Å². The third kappa shape index (κ3) is 4.01. The maximum atomic E-state index is 13.4. The topological polar surface area (TPSA) is 67.2 Å². The first-order valence-electron chi connectivity index (χ1n) is 9.60. The number of methoxy groups -OCH3 is 1. The van der Waals surface area contributed by atoms with E-state index < -0.39 is 0 Å². The van der Waals surface area contributed by atoms with E-state index in [0.29, 0.717) is 39.4 Å². The fourth-order valence-corrected chi connectivity index (χ4v) is 5.64. The lowest BCUT2D eigenvalue weighted by molar-refractivity contribution is -0.122. The molecule has 4 heterocycles. The Bertz CT molecular complexity index is 1090. The highest BCUT2D eigenvalue weighted by atomic mass is 32.2. The monoisotopic (exact) mass is 462 g/mol. The van der Waals surface area contributed by atoms with Crippen LogP contribution < -0.4 is 10.5 Å². The maximum absolute atomic E-state index is 13.4. The van der Waals surface area contributed by atoms with Crippen molar-refractivity contribution in [3.8, 4) is 0 Å². The van der Waals surface area contributed by atoms with Crippen LogP contribution in [0.3, 0.4) is 0 Å². The number of ether oxygens (including phenoxy) is 1. The fourth-order valence-electron chi connectivity index (χ4n) is 3.45. The highest BCUT2D eigenvalue weighted by Gasteiger charge is 2.32. The number of carbonyl (C=O) groups excluding carboxylic acids is 1. The van der Waals surface area contributed by atoms with E-state index in [9.17, 15) is 9.59 Å². The van der Waals surface area contributed by atoms with Crippen LogP contribution in [-0.2, 0) is 9.53 Å². The molecular formula is C20H22N4O3S3. The van der Waals surface area contributed by atoms with E-state index in [1.54, 1.807) is 23.8 Å². The summed E-state index contributed by atoms with van der Waals surface area (Å²) in [6, 6.07) is 3.77. The van der Waals surface area contributed by atoms with E-state index in [1.165, 1.54) is 16.7 Å². The Labute approximate surface area is 188 Å². The smallest absolute Gasteiger partial charge is 0.267 e. The van der Waals surface area contributed by atoms with Crippen molar-refractivity contribution < 1.29 is 9.53 Å². The molecular weight excluding hydrogens is 440 g/mol. The summed E-state index contributed by atoms with van der Waals surface area (Å²) < 4.78 is 7.10. The second kappa shape index (κ2) is 9.09. The number of thiocarbonyl (C=S) groups is 1. The van der Waals surface area contributed by atoms with Crippen LogP contribution in [0.25, 0.3) is 11.7 Å². The number of pyridine rings is 1. The molecule has 0 atom stereocenters. The summed E-state index contributed by atoms with van der Waals surface area (Å²) in [4.78, 5) is 35.3. The summed E-state index contributed by atoms with van der Waals surface area (Å²) >= 11 is 8.47. The van der Waals surface area contributed by atoms with Gasteiger partial charge in [0.05, 0.1) is 23.6 Å². The van der Waals surface area contributed by atoms with Crippen LogP contribution in [0.2, 0.25) is 0 Å². The largest absolute Gasteiger partial charge is 0.383 e. The number of hydrogen-bond donors (Lipinski definition) is 0. The minimum Gasteiger partial charge on any atom is -0.383 e. The Hall–Kier alpha value is -1.88. The van der Waals surface area contributed by atoms with Crippen LogP contribution in [0.5, 0.6) is 0 Å². The van der Waals surface area contributed by atoms with Gasteiger partial charge >= 0.3 is 0 Å². The van der Waals surface area contributed by atoms with Crippen molar-refractivity contribution in [3.05, 3.63) is 44.7 Å². The number of fused-ring (bicyclic) bond motifs is 1. The summed E-state index contributed by atoms with van der Waals surface area (Å²) in [5.41, 5.74) is 1.82. The van der Waals surface area contributed by atoms with Crippen molar-refractivity contribution >= 4 is 63.5 Å². The molecule has 0 aromatic carbocycles. The first kappa shape index (κ1) is 21.4. The lowest BCUT2D eigenvalue weighted by atomic mass is 10.2. The normalized spacial score (nSPS) is 18.8. The van der Waals surface area contributed by atoms with Gasteiger partial charge in [0.2, 0.25) is 0 Å². The highest BCUT2D eigenvalue weighted by molar-refractivity contribution is 8.26. The first-order valence-corrected chi connectivity index (χ1v) is 12.0. The molecule has 30 heavy (non-hydrogen) atoms. The number of rotatable bonds is 5. The van der Waals surface area contributed by atoms with Crippen molar-refractivity contribution in [2.24, 2.45) is 0 Å². The Kier molecular flexibility index (Phi) is 6.47. The third-order valence-corrected chi connectivity index (χ3v) is 7.36. The molecule has 158 valence electrons. The van der Waals surface area contributed by atoms with Gasteiger partial charge in [-0.05, 0) is 24.6 Å². The lowest BCUT2D eigenvalue weighted by Crippen LogP contribution is -2.36. The molecule has 2 aliphatic rings. The van der Waals surface area contributed by atoms with Gasteiger partial charge in [-0.15, -0.1) is 0 Å². The molecule has 0 saturated carbocycles. The SMILES string of the molecule is COCCN1C(=O)C(=Cc2c(N3CCSCC3)nc3c(C)cccn3c2=O)SC1=S. The van der Waals surface area contributed by atoms with Gasteiger partial charge in [-0.2, -0.15) is 11.8 Å². The van der Waals surface area contributed by atoms with Crippen molar-refractivity contribution in [2.75, 3.05) is 49.8 Å². The molecule has 7 nitrogen and oxygen atoms in total. The molecule has 2 fully saturated rings. The summed E-state index contributed by atoms with van der Waals surface area (Å²) in [6.45, 7) is 4.36. The second-order valence-corrected chi connectivity index (χ2v) is 9.87. The summed E-state index contributed by atoms with van der Waals surface area (Å²) in [5, 5.41) is 0. The van der Waals surface area contributed by atoms with Crippen LogP contribution in [0.4, 0.5) is 5.82 Å². The zero-order chi connectivity index (χ0) is 21.3. The van der Waals surface area contributed by atoms with Gasteiger partial charge in [-0.1, -0.05) is 30.0 Å². The van der Waals surface area contributed by atoms with Gasteiger partial charge in [-0.3, -0.25) is 18.9 Å². The number of thioether (sulfide) groups is 2. The van der Waals surface area contributed by atoms with Crippen molar-refractivity contribution in [1.29, 1.82) is 0 Å². The molecule has 2 aromatic heterocycles. The Morgan fingerprint density at radius 1 is 1.30 bits per heavy atom. The van der Waals surface area contributed by atoms with Crippen molar-refractivity contribution in [2.45, 2.75) is 6.92 Å². The molecule has 0 aliphatic carbocycles. The fraction of sp³-hybridized carbons (Fsp3) is 0.400. The molecule has 4 rings (SSSR count).